The van der Waals surface area contributed by atoms with Crippen LogP contribution in [0.25, 0.3) is 0 Å². The van der Waals surface area contributed by atoms with Crippen LogP contribution in [0.5, 0.6) is 0 Å². The zero-order valence-corrected chi connectivity index (χ0v) is 4.77. The Bertz CT molecular complexity index is 84.6. The number of hydrogen-bond donors (Lipinski definition) is 3. The molecule has 9 heavy (non-hydrogen) atoms. The first kappa shape index (κ1) is 8.48. The van der Waals surface area contributed by atoms with E-state index in [9.17, 15) is 4.91 Å². The van der Waals surface area contributed by atoms with Crippen molar-refractivity contribution in [1.29, 1.82) is 0 Å². The summed E-state index contributed by atoms with van der Waals surface area (Å²) >= 11 is 0. The van der Waals surface area contributed by atoms with Crippen molar-refractivity contribution in [1.82, 2.24) is 0 Å². The number of nitrogens with zero attached hydrogens (tertiary/aromatic N) is 1. The maximum absolute atomic E-state index is 9.64. The molecule has 0 aliphatic carbocycles. The second-order valence-electron chi connectivity index (χ2n) is 1.66. The van der Waals surface area contributed by atoms with Crippen molar-refractivity contribution in [2.45, 2.75) is 18.8 Å². The van der Waals surface area contributed by atoms with Gasteiger partial charge in [-0.2, -0.15) is 4.91 Å². The Kier molecular flexibility index (Phi) is 4.12. The zero-order chi connectivity index (χ0) is 7.28. The van der Waals surface area contributed by atoms with Gasteiger partial charge in [0.05, 0.1) is 6.61 Å². The van der Waals surface area contributed by atoms with E-state index in [0.29, 0.717) is 0 Å². The van der Waals surface area contributed by atoms with Crippen molar-refractivity contribution >= 4 is 0 Å². The molecule has 0 rings (SSSR count). The first-order valence-electron chi connectivity index (χ1n) is 2.50. The van der Waals surface area contributed by atoms with Gasteiger partial charge in [-0.1, -0.05) is 5.18 Å². The minimum Gasteiger partial charge on any atom is -0.394 e. The quantitative estimate of drug-likeness (QED) is 0.334. The Morgan fingerprint density at radius 3 is 2.11 bits per heavy atom. The molecular weight excluding hydrogens is 126 g/mol. The summed E-state index contributed by atoms with van der Waals surface area (Å²) in [6.45, 7) is -0.443. The molecule has 0 radical (unpaired) electrons. The van der Waals surface area contributed by atoms with Gasteiger partial charge in [-0.3, -0.25) is 0 Å². The lowest BCUT2D eigenvalue weighted by Gasteiger charge is -2.05. The van der Waals surface area contributed by atoms with E-state index in [1.54, 1.807) is 0 Å². The fourth-order valence-electron chi connectivity index (χ4n) is 0.394. The van der Waals surface area contributed by atoms with Gasteiger partial charge >= 0.3 is 0 Å². The lowest BCUT2D eigenvalue weighted by molar-refractivity contribution is -0.0520. The molecule has 1 unspecified atom stereocenters. The van der Waals surface area contributed by atoms with E-state index in [1.807, 2.05) is 0 Å². The molecule has 54 valence electrons. The van der Waals surface area contributed by atoms with Crippen LogP contribution >= 0.6 is 0 Å². The molecule has 0 fully saturated rings. The predicted octanol–water partition coefficient (Wildman–Crippen LogP) is -1.19. The second-order valence-corrected chi connectivity index (χ2v) is 1.66. The third-order valence-corrected chi connectivity index (χ3v) is 0.843. The van der Waals surface area contributed by atoms with E-state index in [1.165, 1.54) is 0 Å². The molecule has 0 saturated heterocycles. The Hall–Kier alpha value is -0.520. The third kappa shape index (κ3) is 4.01. The standard InChI is InChI=1S/C4H9NO4/c6-2-3(5-9)1-4(7)8/h3-4,6-8H,1-2H2. The van der Waals surface area contributed by atoms with Crippen LogP contribution in [0.4, 0.5) is 0 Å². The van der Waals surface area contributed by atoms with Crippen molar-refractivity contribution in [2.24, 2.45) is 5.18 Å². The topological polar surface area (TPSA) is 90.1 Å². The summed E-state index contributed by atoms with van der Waals surface area (Å²) in [5.41, 5.74) is 0. The molecule has 5 nitrogen and oxygen atoms in total. The van der Waals surface area contributed by atoms with Gasteiger partial charge in [0.25, 0.3) is 0 Å². The van der Waals surface area contributed by atoms with Crippen LogP contribution in [0, 0.1) is 4.91 Å². The Balaban J connectivity index is 3.42. The van der Waals surface area contributed by atoms with Gasteiger partial charge in [0, 0.05) is 6.42 Å². The number of rotatable bonds is 4. The van der Waals surface area contributed by atoms with Crippen molar-refractivity contribution in [3.63, 3.8) is 0 Å². The predicted molar refractivity (Wildman–Crippen MR) is 29.5 cm³/mol. The highest BCUT2D eigenvalue weighted by molar-refractivity contribution is 4.63. The van der Waals surface area contributed by atoms with Gasteiger partial charge in [-0.05, 0) is 0 Å². The summed E-state index contributed by atoms with van der Waals surface area (Å²) in [7, 11) is 0. The third-order valence-electron chi connectivity index (χ3n) is 0.843. The zero-order valence-electron chi connectivity index (χ0n) is 4.77. The molecule has 0 aromatic carbocycles. The number of nitroso groups, excluding NO2 is 1. The van der Waals surface area contributed by atoms with Crippen molar-refractivity contribution in [2.75, 3.05) is 6.61 Å². The SMILES string of the molecule is O=NC(CO)CC(O)O. The van der Waals surface area contributed by atoms with Crippen LogP contribution in [-0.2, 0) is 0 Å². The molecule has 1 atom stereocenters. The van der Waals surface area contributed by atoms with E-state index in [4.69, 9.17) is 15.3 Å². The first-order valence-corrected chi connectivity index (χ1v) is 2.50. The summed E-state index contributed by atoms with van der Waals surface area (Å²) in [6.07, 6.45) is -1.78. The normalized spacial score (nSPS) is 13.8. The highest BCUT2D eigenvalue weighted by Crippen LogP contribution is 1.98. The largest absolute Gasteiger partial charge is 0.394 e. The van der Waals surface area contributed by atoms with Crippen molar-refractivity contribution in [3.8, 4) is 0 Å². The highest BCUT2D eigenvalue weighted by atomic mass is 16.5. The summed E-state index contributed by atoms with van der Waals surface area (Å²) in [5.74, 6) is 0. The second kappa shape index (κ2) is 4.37. The summed E-state index contributed by atoms with van der Waals surface area (Å²) in [6, 6.07) is -0.898. The van der Waals surface area contributed by atoms with Gasteiger partial charge in [0.2, 0.25) is 0 Å². The molecule has 0 aliphatic heterocycles. The molecule has 0 aromatic rings. The van der Waals surface area contributed by atoms with Crippen LogP contribution in [0.1, 0.15) is 6.42 Å². The fraction of sp³-hybridized carbons (Fsp3) is 1.00. The fourth-order valence-corrected chi connectivity index (χ4v) is 0.394. The number of hydrogen-bond acceptors (Lipinski definition) is 5. The summed E-state index contributed by atoms with van der Waals surface area (Å²) in [5, 5.41) is 27.1. The Morgan fingerprint density at radius 2 is 2.00 bits per heavy atom. The van der Waals surface area contributed by atoms with Gasteiger partial charge < -0.3 is 15.3 Å². The van der Waals surface area contributed by atoms with Crippen LogP contribution in [-0.4, -0.2) is 34.3 Å². The van der Waals surface area contributed by atoms with Crippen molar-refractivity contribution in [3.05, 3.63) is 4.91 Å². The molecule has 5 heteroatoms. The molecule has 0 amide bonds. The first-order chi connectivity index (χ1) is 4.20. The van der Waals surface area contributed by atoms with E-state index in [2.05, 4.69) is 5.18 Å². The minimum absolute atomic E-state index is 0.208. The van der Waals surface area contributed by atoms with Gasteiger partial charge in [0.1, 0.15) is 6.04 Å². The molecule has 3 N–H and O–H groups in total. The van der Waals surface area contributed by atoms with Gasteiger partial charge in [-0.25, -0.2) is 0 Å². The van der Waals surface area contributed by atoms with E-state index in [-0.39, 0.29) is 6.42 Å². The lowest BCUT2D eigenvalue weighted by Crippen LogP contribution is -2.18. The van der Waals surface area contributed by atoms with Crippen LogP contribution in [0.2, 0.25) is 0 Å². The van der Waals surface area contributed by atoms with Gasteiger partial charge in [-0.15, -0.1) is 0 Å². The molecule has 0 aliphatic rings. The van der Waals surface area contributed by atoms with E-state index < -0.39 is 18.9 Å². The molecule has 0 saturated carbocycles. The van der Waals surface area contributed by atoms with Crippen LogP contribution in [0.3, 0.4) is 0 Å². The number of aliphatic hydroxyl groups is 3. The smallest absolute Gasteiger partial charge is 0.153 e. The molecule has 0 aromatic heterocycles. The van der Waals surface area contributed by atoms with Crippen LogP contribution in [0.15, 0.2) is 5.18 Å². The molecule has 0 heterocycles. The maximum atomic E-state index is 9.64. The maximum Gasteiger partial charge on any atom is 0.153 e. The number of aliphatic hydroxyl groups excluding tert-OH is 2. The highest BCUT2D eigenvalue weighted by Gasteiger charge is 2.10. The van der Waals surface area contributed by atoms with Crippen LogP contribution < -0.4 is 0 Å². The molecular formula is C4H9NO4. The summed E-state index contributed by atoms with van der Waals surface area (Å²) in [4.78, 5) is 9.64. The average molecular weight is 135 g/mol. The van der Waals surface area contributed by atoms with Gasteiger partial charge in [0.15, 0.2) is 6.29 Å². The van der Waals surface area contributed by atoms with E-state index in [0.717, 1.165) is 0 Å². The Morgan fingerprint density at radius 1 is 1.44 bits per heavy atom. The van der Waals surface area contributed by atoms with E-state index >= 15 is 0 Å². The monoisotopic (exact) mass is 135 g/mol. The minimum atomic E-state index is -1.57. The summed E-state index contributed by atoms with van der Waals surface area (Å²) < 4.78 is 0. The molecule has 0 spiro atoms. The van der Waals surface area contributed by atoms with Crippen molar-refractivity contribution < 1.29 is 15.3 Å². The average Bonchev–Trinajstić information content (AvgIpc) is 1.82. The molecule has 0 bridgehead atoms. The Labute approximate surface area is 51.9 Å². The lowest BCUT2D eigenvalue weighted by atomic mass is 10.2.